The van der Waals surface area contributed by atoms with Gasteiger partial charge in [0.1, 0.15) is 17.1 Å². The van der Waals surface area contributed by atoms with Crippen molar-refractivity contribution in [2.24, 2.45) is 41.2 Å². The molecule has 6 atom stereocenters. The van der Waals surface area contributed by atoms with E-state index in [1.165, 1.54) is 62.4 Å². The fourth-order valence-corrected chi connectivity index (χ4v) is 11.5. The lowest BCUT2D eigenvalue weighted by Crippen LogP contribution is -2.68. The monoisotopic (exact) mass is 676 g/mol. The van der Waals surface area contributed by atoms with Gasteiger partial charge in [0, 0.05) is 22.8 Å². The van der Waals surface area contributed by atoms with Crippen LogP contribution < -0.4 is 11.1 Å². The van der Waals surface area contributed by atoms with Crippen LogP contribution in [0.5, 0.6) is 5.75 Å². The number of anilines is 2. The first kappa shape index (κ1) is 31.5. The Hall–Kier alpha value is -3.78. The van der Waals surface area contributed by atoms with Crippen LogP contribution in [0.2, 0.25) is 0 Å². The second-order valence-corrected chi connectivity index (χ2v) is 16.0. The van der Waals surface area contributed by atoms with Crippen molar-refractivity contribution in [3.63, 3.8) is 0 Å². The van der Waals surface area contributed by atoms with Crippen LogP contribution in [0.4, 0.5) is 10.8 Å². The molecule has 1 amide bonds. The van der Waals surface area contributed by atoms with E-state index in [0.29, 0.717) is 28.4 Å². The summed E-state index contributed by atoms with van der Waals surface area (Å²) >= 11 is 1.43. The normalized spacial score (nSPS) is 38.3. The number of hydrogen-bond acceptors (Lipinski definition) is 12. The van der Waals surface area contributed by atoms with Crippen LogP contribution in [0.3, 0.4) is 0 Å². The molecule has 13 heteroatoms. The Kier molecular flexibility index (Phi) is 6.96. The van der Waals surface area contributed by atoms with E-state index in [-0.39, 0.29) is 11.3 Å². The number of aromatic nitrogens is 1. The number of thiazole rings is 1. The number of carbonyl (C=O) groups is 3. The molecule has 0 spiro atoms. The number of nitrogens with zero attached hydrogens (tertiary/aromatic N) is 2. The predicted molar refractivity (Wildman–Crippen MR) is 175 cm³/mol. The third-order valence-corrected chi connectivity index (χ3v) is 13.2. The molecule has 0 unspecified atom stereocenters. The lowest BCUT2D eigenvalue weighted by atomic mass is 9.51. The summed E-state index contributed by atoms with van der Waals surface area (Å²) in [4.78, 5) is 46.5. The number of phenolic OH excluding ortho intramolecular Hbond substituents is 1. The number of fused-ring (bicyclic) bond motifs is 3. The van der Waals surface area contributed by atoms with Gasteiger partial charge >= 0.3 is 0 Å². The molecule has 0 saturated heterocycles. The summed E-state index contributed by atoms with van der Waals surface area (Å²) in [5.41, 5.74) is 2.65. The molecule has 12 nitrogen and oxygen atoms in total. The Bertz CT molecular complexity index is 1820. The largest absolute Gasteiger partial charge is 0.510 e. The molecule has 48 heavy (non-hydrogen) atoms. The summed E-state index contributed by atoms with van der Waals surface area (Å²) in [7, 11) is 3.01. The lowest BCUT2D eigenvalue weighted by Gasteiger charge is -2.54. The number of rotatable bonds is 5. The van der Waals surface area contributed by atoms with Gasteiger partial charge in [0.15, 0.2) is 22.3 Å². The number of primary amides is 1. The first-order chi connectivity index (χ1) is 22.7. The Balaban J connectivity index is 1.16. The number of nitrogens with two attached hydrogens (primary N) is 1. The Labute approximate surface area is 281 Å². The molecule has 1 aromatic carbocycles. The van der Waals surface area contributed by atoms with Crippen molar-refractivity contribution in [1.82, 2.24) is 9.88 Å². The number of hydrogen-bond donors (Lipinski definition) is 7. The molecule has 254 valence electrons. The highest BCUT2D eigenvalue weighted by Crippen LogP contribution is 2.60. The number of nitrogens with one attached hydrogen (secondary N) is 1. The summed E-state index contributed by atoms with van der Waals surface area (Å²) in [5.74, 6) is -5.71. The van der Waals surface area contributed by atoms with Crippen LogP contribution in [0.25, 0.3) is 0 Å². The van der Waals surface area contributed by atoms with Gasteiger partial charge in [-0.1, -0.05) is 13.0 Å². The quantitative estimate of drug-likeness (QED) is 0.180. The molecule has 4 bridgehead atoms. The Morgan fingerprint density at radius 3 is 2.29 bits per heavy atom. The van der Waals surface area contributed by atoms with Gasteiger partial charge in [-0.2, -0.15) is 0 Å². The number of amides is 1. The average Bonchev–Trinajstić information content (AvgIpc) is 3.47. The number of phenols is 1. The third kappa shape index (κ3) is 4.10. The average molecular weight is 677 g/mol. The molecule has 7 aliphatic rings. The summed E-state index contributed by atoms with van der Waals surface area (Å²) in [6, 6.07) is 2.01. The fourth-order valence-electron chi connectivity index (χ4n) is 10.7. The minimum atomic E-state index is -2.95. The molecule has 9 rings (SSSR count). The second-order valence-electron chi connectivity index (χ2n) is 15.1. The van der Waals surface area contributed by atoms with Crippen molar-refractivity contribution in [3.05, 3.63) is 57.0 Å². The molecule has 8 N–H and O–H groups in total. The smallest absolute Gasteiger partial charge is 0.255 e. The van der Waals surface area contributed by atoms with Crippen LogP contribution in [-0.4, -0.2) is 84.7 Å². The molecule has 1 aromatic heterocycles. The predicted octanol–water partition coefficient (Wildman–Crippen LogP) is 3.39. The summed E-state index contributed by atoms with van der Waals surface area (Å²) in [5, 5.41) is 63.7. The Morgan fingerprint density at radius 1 is 1.04 bits per heavy atom. The molecule has 2 aromatic rings. The van der Waals surface area contributed by atoms with Gasteiger partial charge in [0.25, 0.3) is 5.91 Å². The second kappa shape index (κ2) is 10.6. The molecular weight excluding hydrogens is 636 g/mol. The van der Waals surface area contributed by atoms with Crippen molar-refractivity contribution in [3.8, 4) is 5.75 Å². The Morgan fingerprint density at radius 2 is 1.69 bits per heavy atom. The highest BCUT2D eigenvalue weighted by Gasteiger charge is 2.67. The number of aromatic hydroxyl groups is 1. The molecule has 1 heterocycles. The number of likely N-dealkylation sites (N-methyl/N-ethyl adjacent to an activating group) is 1. The van der Waals surface area contributed by atoms with Gasteiger partial charge in [-0.15, -0.1) is 11.3 Å². The van der Waals surface area contributed by atoms with E-state index in [9.17, 15) is 39.9 Å². The zero-order valence-corrected chi connectivity index (χ0v) is 27.7. The van der Waals surface area contributed by atoms with Gasteiger partial charge in [-0.3, -0.25) is 19.3 Å². The first-order valence-electron chi connectivity index (χ1n) is 16.6. The minimum Gasteiger partial charge on any atom is -0.510 e. The zero-order valence-electron chi connectivity index (χ0n) is 26.9. The molecule has 4 saturated carbocycles. The highest BCUT2D eigenvalue weighted by molar-refractivity contribution is 7.13. The van der Waals surface area contributed by atoms with E-state index in [1.54, 1.807) is 19.1 Å². The van der Waals surface area contributed by atoms with Crippen molar-refractivity contribution < 1.29 is 39.9 Å². The maximum absolute atomic E-state index is 14.2. The van der Waals surface area contributed by atoms with Gasteiger partial charge in [-0.05, 0) is 87.4 Å². The SMILES string of the molecule is C[C@@H]1c2ccc(Nc3nc(C4C5CC6CC(C5)CC4C6)cs3)c(O)c2C(=O)C2=C(O)[C@]3(O)C(=O)C(C(N)=O)=C(O)[C@@H](N(C)C)[C@H]3[C@H](O)[C@H]21. The standard InChI is InChI=1S/C35H40N4O8S/c1-12-17-4-5-18(37-34-38-19(11-48-34)21-15-7-13-6-14(9-15)10-16(21)8-13)27(40)22(17)28(41)23-20(12)29(42)25-26(39(2)3)30(43)24(33(36)46)32(45)35(25,47)31(23)44/h4-5,11-16,20-21,25-26,29,40,42-44,47H,6-10H2,1-3H3,(H2,36,46)(H,37,38)/t12-,13?,14?,15?,16?,20+,21?,25+,26+,29-,35+/m1/s1. The van der Waals surface area contributed by atoms with E-state index in [2.05, 4.69) is 10.7 Å². The number of carbonyl (C=O) groups excluding carboxylic acids is 3. The van der Waals surface area contributed by atoms with E-state index in [4.69, 9.17) is 10.7 Å². The van der Waals surface area contributed by atoms with Crippen LogP contribution in [0, 0.1) is 35.5 Å². The lowest BCUT2D eigenvalue weighted by molar-refractivity contribution is -0.162. The zero-order chi connectivity index (χ0) is 34.1. The molecule has 4 fully saturated rings. The topological polar surface area (TPSA) is 207 Å². The minimum absolute atomic E-state index is 0.140. The highest BCUT2D eigenvalue weighted by atomic mass is 32.1. The van der Waals surface area contributed by atoms with Crippen LogP contribution >= 0.6 is 11.3 Å². The van der Waals surface area contributed by atoms with E-state index >= 15 is 0 Å². The summed E-state index contributed by atoms with van der Waals surface area (Å²) in [6.07, 6.45) is 4.79. The number of Topliss-reactive ketones (excluding diaryl/α,β-unsaturated/α-hetero) is 2. The van der Waals surface area contributed by atoms with Crippen molar-refractivity contribution in [2.75, 3.05) is 19.4 Å². The van der Waals surface area contributed by atoms with Crippen molar-refractivity contribution >= 4 is 39.6 Å². The van der Waals surface area contributed by atoms with Crippen molar-refractivity contribution in [2.45, 2.75) is 68.6 Å². The molecular formula is C35H40N4O8S. The maximum atomic E-state index is 14.2. The van der Waals surface area contributed by atoms with Gasteiger partial charge in [-0.25, -0.2) is 4.98 Å². The molecule has 7 aliphatic carbocycles. The van der Waals surface area contributed by atoms with E-state index in [1.807, 2.05) is 0 Å². The summed E-state index contributed by atoms with van der Waals surface area (Å²) < 4.78 is 0. The van der Waals surface area contributed by atoms with Gasteiger partial charge in [0.05, 0.1) is 35.0 Å². The fraction of sp³-hybridized carbons (Fsp3) is 0.543. The first-order valence-corrected chi connectivity index (χ1v) is 17.5. The third-order valence-electron chi connectivity index (χ3n) is 12.5. The van der Waals surface area contributed by atoms with Crippen LogP contribution in [0.1, 0.15) is 72.5 Å². The van der Waals surface area contributed by atoms with Gasteiger partial charge in [0.2, 0.25) is 5.78 Å². The number of benzene rings is 1. The summed E-state index contributed by atoms with van der Waals surface area (Å²) in [6.45, 7) is 1.71. The maximum Gasteiger partial charge on any atom is 0.255 e. The van der Waals surface area contributed by atoms with E-state index in [0.717, 1.165) is 17.5 Å². The number of aliphatic hydroxyl groups excluding tert-OH is 3. The molecule has 0 radical (unpaired) electrons. The van der Waals surface area contributed by atoms with Crippen LogP contribution in [-0.2, 0) is 9.59 Å². The van der Waals surface area contributed by atoms with Crippen LogP contribution in [0.15, 0.2) is 40.2 Å². The van der Waals surface area contributed by atoms with E-state index < -0.39 is 81.4 Å². The van der Waals surface area contributed by atoms with Crippen molar-refractivity contribution in [1.29, 1.82) is 0 Å². The number of aliphatic hydroxyl groups is 4. The molecule has 0 aliphatic heterocycles. The van der Waals surface area contributed by atoms with Gasteiger partial charge < -0.3 is 36.6 Å². The number of ketones is 2.